The molecule has 2 atom stereocenters. The minimum absolute atomic E-state index is 0.224. The molecule has 0 aromatic heterocycles. The molecule has 0 saturated heterocycles. The van der Waals surface area contributed by atoms with E-state index in [9.17, 15) is 27.9 Å². The van der Waals surface area contributed by atoms with Gasteiger partial charge in [0.25, 0.3) is 0 Å². The standard InChI is InChI=1S/C28H28ClF3N2O4/c1-4-24(34-27(37)33-16(2)18-6-9-20(29)10-7-18)22-15-19(28(30,31)32)8-11-21(22)23-13-17(14-26(35)36)5-12-25(23)38-3/h5-13,15-16,24H,4,14H2,1-3H3,(H,35,36)(H2,33,34,37)/t16-,24?/m0/s1. The average Bonchev–Trinajstić information content (AvgIpc) is 2.86. The van der Waals surface area contributed by atoms with E-state index in [-0.39, 0.29) is 18.4 Å². The van der Waals surface area contributed by atoms with E-state index in [1.54, 1.807) is 56.3 Å². The number of aliphatic carboxylic acids is 1. The van der Waals surface area contributed by atoms with Gasteiger partial charge in [0.15, 0.2) is 0 Å². The minimum atomic E-state index is -4.60. The van der Waals surface area contributed by atoms with Gasteiger partial charge in [-0.1, -0.05) is 42.8 Å². The van der Waals surface area contributed by atoms with E-state index in [0.717, 1.165) is 17.7 Å². The quantitative estimate of drug-likeness (QED) is 0.264. The molecule has 0 aliphatic heterocycles. The molecule has 202 valence electrons. The fraction of sp³-hybridized carbons (Fsp3) is 0.286. The van der Waals surface area contributed by atoms with Crippen molar-refractivity contribution < 1.29 is 32.6 Å². The van der Waals surface area contributed by atoms with Gasteiger partial charge in [0.1, 0.15) is 5.75 Å². The Kier molecular flexibility index (Phi) is 9.27. The molecule has 3 aromatic carbocycles. The van der Waals surface area contributed by atoms with Crippen LogP contribution in [0.3, 0.4) is 0 Å². The Hall–Kier alpha value is -3.72. The lowest BCUT2D eigenvalue weighted by atomic mass is 9.90. The van der Waals surface area contributed by atoms with Crippen LogP contribution in [0, 0.1) is 0 Å². The fourth-order valence-electron chi connectivity index (χ4n) is 4.15. The van der Waals surface area contributed by atoms with Crippen LogP contribution in [0.5, 0.6) is 5.75 Å². The number of carboxylic acids is 1. The summed E-state index contributed by atoms with van der Waals surface area (Å²) < 4.78 is 46.5. The Morgan fingerprint density at radius 3 is 2.26 bits per heavy atom. The summed E-state index contributed by atoms with van der Waals surface area (Å²) >= 11 is 5.93. The van der Waals surface area contributed by atoms with E-state index in [2.05, 4.69) is 10.6 Å². The Morgan fingerprint density at radius 2 is 1.68 bits per heavy atom. The maximum atomic E-state index is 13.7. The number of ether oxygens (including phenoxy) is 1. The number of hydrogen-bond donors (Lipinski definition) is 3. The van der Waals surface area contributed by atoms with Crippen molar-refractivity contribution in [2.75, 3.05) is 7.11 Å². The van der Waals surface area contributed by atoms with Gasteiger partial charge in [-0.2, -0.15) is 13.2 Å². The largest absolute Gasteiger partial charge is 0.496 e. The number of carbonyl (C=O) groups excluding carboxylic acids is 1. The summed E-state index contributed by atoms with van der Waals surface area (Å²) in [5.41, 5.74) is 1.42. The Balaban J connectivity index is 2.01. The van der Waals surface area contributed by atoms with Crippen molar-refractivity contribution in [1.82, 2.24) is 10.6 Å². The molecule has 2 amide bonds. The summed E-state index contributed by atoms with van der Waals surface area (Å²) in [6.07, 6.45) is -4.59. The normalized spacial score (nSPS) is 12.9. The molecule has 0 bridgehead atoms. The maximum Gasteiger partial charge on any atom is 0.416 e. The van der Waals surface area contributed by atoms with E-state index >= 15 is 0 Å². The van der Waals surface area contributed by atoms with Crippen molar-refractivity contribution in [3.05, 3.63) is 87.9 Å². The minimum Gasteiger partial charge on any atom is -0.496 e. The molecular formula is C28H28ClF3N2O4. The SMILES string of the molecule is CCC(NC(=O)N[C@@H](C)c1ccc(Cl)cc1)c1cc(C(F)(F)F)ccc1-c1cc(CC(=O)O)ccc1OC. The summed E-state index contributed by atoms with van der Waals surface area (Å²) in [5.74, 6) is -0.691. The summed E-state index contributed by atoms with van der Waals surface area (Å²) in [5, 5.41) is 15.4. The number of benzene rings is 3. The maximum absolute atomic E-state index is 13.7. The van der Waals surface area contributed by atoms with Crippen molar-refractivity contribution >= 4 is 23.6 Å². The van der Waals surface area contributed by atoms with Crippen molar-refractivity contribution in [3.8, 4) is 16.9 Å². The molecule has 3 rings (SSSR count). The molecule has 0 aliphatic carbocycles. The zero-order valence-electron chi connectivity index (χ0n) is 21.0. The number of alkyl halides is 3. The Labute approximate surface area is 223 Å². The van der Waals surface area contributed by atoms with Crippen LogP contribution in [0.4, 0.5) is 18.0 Å². The molecule has 0 aliphatic rings. The van der Waals surface area contributed by atoms with Gasteiger partial charge in [-0.25, -0.2) is 4.79 Å². The number of carbonyl (C=O) groups is 2. The van der Waals surface area contributed by atoms with Gasteiger partial charge in [-0.05, 0) is 72.0 Å². The van der Waals surface area contributed by atoms with Crippen LogP contribution in [0.2, 0.25) is 5.02 Å². The third-order valence-corrected chi connectivity index (χ3v) is 6.35. The Bertz CT molecular complexity index is 1300. The molecule has 0 spiro atoms. The molecule has 0 fully saturated rings. The summed E-state index contributed by atoms with van der Waals surface area (Å²) in [7, 11) is 1.42. The smallest absolute Gasteiger partial charge is 0.416 e. The second-order valence-corrected chi connectivity index (χ2v) is 9.19. The molecule has 6 nitrogen and oxygen atoms in total. The highest BCUT2D eigenvalue weighted by atomic mass is 35.5. The summed E-state index contributed by atoms with van der Waals surface area (Å²) in [4.78, 5) is 24.2. The summed E-state index contributed by atoms with van der Waals surface area (Å²) in [6, 6.07) is 13.2. The van der Waals surface area contributed by atoms with Crippen molar-refractivity contribution in [2.45, 2.75) is 44.9 Å². The number of nitrogens with one attached hydrogen (secondary N) is 2. The van der Waals surface area contributed by atoms with E-state index < -0.39 is 35.8 Å². The monoisotopic (exact) mass is 548 g/mol. The van der Waals surface area contributed by atoms with E-state index in [0.29, 0.717) is 27.5 Å². The topological polar surface area (TPSA) is 87.7 Å². The number of urea groups is 1. The van der Waals surface area contributed by atoms with Crippen LogP contribution in [0.15, 0.2) is 60.7 Å². The molecule has 3 aromatic rings. The molecular weight excluding hydrogens is 521 g/mol. The fourth-order valence-corrected chi connectivity index (χ4v) is 4.28. The van der Waals surface area contributed by atoms with Gasteiger partial charge in [0, 0.05) is 10.6 Å². The molecule has 1 unspecified atom stereocenters. The van der Waals surface area contributed by atoms with Crippen LogP contribution in [-0.4, -0.2) is 24.2 Å². The van der Waals surface area contributed by atoms with E-state index in [1.807, 2.05) is 0 Å². The van der Waals surface area contributed by atoms with Crippen LogP contribution < -0.4 is 15.4 Å². The zero-order valence-corrected chi connectivity index (χ0v) is 21.8. The van der Waals surface area contributed by atoms with Gasteiger partial charge in [0.05, 0.1) is 31.2 Å². The molecule has 38 heavy (non-hydrogen) atoms. The zero-order chi connectivity index (χ0) is 28.0. The average molecular weight is 549 g/mol. The highest BCUT2D eigenvalue weighted by Crippen LogP contribution is 2.40. The van der Waals surface area contributed by atoms with E-state index in [4.69, 9.17) is 16.3 Å². The van der Waals surface area contributed by atoms with Crippen LogP contribution in [-0.2, 0) is 17.4 Å². The third-order valence-electron chi connectivity index (χ3n) is 6.09. The number of amides is 2. The lowest BCUT2D eigenvalue weighted by Crippen LogP contribution is -2.39. The molecule has 10 heteroatoms. The van der Waals surface area contributed by atoms with Gasteiger partial charge in [-0.3, -0.25) is 4.79 Å². The van der Waals surface area contributed by atoms with E-state index in [1.165, 1.54) is 13.2 Å². The predicted molar refractivity (Wildman–Crippen MR) is 139 cm³/mol. The summed E-state index contributed by atoms with van der Waals surface area (Å²) in [6.45, 7) is 3.52. The molecule has 0 heterocycles. The molecule has 0 radical (unpaired) electrons. The van der Waals surface area contributed by atoms with Gasteiger partial charge < -0.3 is 20.5 Å². The Morgan fingerprint density at radius 1 is 1.00 bits per heavy atom. The highest BCUT2D eigenvalue weighted by Gasteiger charge is 2.32. The first-order valence-corrected chi connectivity index (χ1v) is 12.2. The second kappa shape index (κ2) is 12.2. The highest BCUT2D eigenvalue weighted by molar-refractivity contribution is 6.30. The molecule has 3 N–H and O–H groups in total. The first-order chi connectivity index (χ1) is 17.9. The second-order valence-electron chi connectivity index (χ2n) is 8.76. The van der Waals surface area contributed by atoms with Gasteiger partial charge >= 0.3 is 18.2 Å². The molecule has 0 saturated carbocycles. The van der Waals surface area contributed by atoms with Crippen LogP contribution in [0.25, 0.3) is 11.1 Å². The predicted octanol–water partition coefficient (Wildman–Crippen LogP) is 7.17. The number of rotatable bonds is 9. The van der Waals surface area contributed by atoms with Crippen molar-refractivity contribution in [1.29, 1.82) is 0 Å². The van der Waals surface area contributed by atoms with Crippen molar-refractivity contribution in [2.24, 2.45) is 0 Å². The van der Waals surface area contributed by atoms with Crippen LogP contribution >= 0.6 is 11.6 Å². The first kappa shape index (κ1) is 28.8. The lowest BCUT2D eigenvalue weighted by Gasteiger charge is -2.24. The van der Waals surface area contributed by atoms with Gasteiger partial charge in [0.2, 0.25) is 0 Å². The number of halogens is 4. The number of carboxylic acid groups (broad SMARTS) is 1. The van der Waals surface area contributed by atoms with Crippen molar-refractivity contribution in [3.63, 3.8) is 0 Å². The number of hydrogen-bond acceptors (Lipinski definition) is 3. The van der Waals surface area contributed by atoms with Gasteiger partial charge in [-0.15, -0.1) is 0 Å². The lowest BCUT2D eigenvalue weighted by molar-refractivity contribution is -0.138. The first-order valence-electron chi connectivity index (χ1n) is 11.9. The third kappa shape index (κ3) is 7.19. The van der Waals surface area contributed by atoms with Crippen LogP contribution in [0.1, 0.15) is 54.6 Å². The number of methoxy groups -OCH3 is 1.